The molecule has 1 aromatic heterocycles. The molecule has 0 saturated carbocycles. The van der Waals surface area contributed by atoms with E-state index in [1.54, 1.807) is 19.2 Å². The van der Waals surface area contributed by atoms with Crippen molar-refractivity contribution in [3.8, 4) is 0 Å². The predicted molar refractivity (Wildman–Crippen MR) is 93.5 cm³/mol. The number of esters is 1. The Morgan fingerprint density at radius 2 is 2.00 bits per heavy atom. The minimum atomic E-state index is -1.09. The normalized spacial score (nSPS) is 11.9. The molecule has 7 nitrogen and oxygen atoms in total. The molecule has 0 aliphatic heterocycles. The van der Waals surface area contributed by atoms with Gasteiger partial charge in [-0.05, 0) is 26.0 Å². The molecule has 25 heavy (non-hydrogen) atoms. The molecule has 0 radical (unpaired) electrons. The van der Waals surface area contributed by atoms with Crippen molar-refractivity contribution in [3.05, 3.63) is 48.2 Å². The van der Waals surface area contributed by atoms with Crippen LogP contribution in [0.1, 0.15) is 19.4 Å². The molecule has 1 aromatic carbocycles. The van der Waals surface area contributed by atoms with Gasteiger partial charge < -0.3 is 10.1 Å². The van der Waals surface area contributed by atoms with Crippen LogP contribution in [0, 0.1) is 0 Å². The maximum atomic E-state index is 11.9. The molecule has 0 saturated heterocycles. The largest absolute Gasteiger partial charge is 0.449 e. The van der Waals surface area contributed by atoms with Crippen molar-refractivity contribution in [2.45, 2.75) is 20.0 Å². The van der Waals surface area contributed by atoms with Crippen molar-refractivity contribution in [2.24, 2.45) is 0 Å². The van der Waals surface area contributed by atoms with Gasteiger partial charge in [-0.3, -0.25) is 15.1 Å². The molecule has 0 fully saturated rings. The van der Waals surface area contributed by atoms with E-state index >= 15 is 0 Å². The average molecular weight is 341 g/mol. The van der Waals surface area contributed by atoms with E-state index in [-0.39, 0.29) is 0 Å². The van der Waals surface area contributed by atoms with Crippen molar-refractivity contribution < 1.29 is 19.1 Å². The standard InChI is InChI=1S/C18H19N3O4/c1-3-19-18(24)21-17(23)12(2)25-15(22)10-9-14-7-4-6-13-8-5-11-20-16(13)14/h4-12H,3H2,1-2H3,(H2,19,21,23,24)/b10-9+. The summed E-state index contributed by atoms with van der Waals surface area (Å²) in [5.41, 5.74) is 1.52. The van der Waals surface area contributed by atoms with E-state index in [1.807, 2.05) is 30.3 Å². The summed E-state index contributed by atoms with van der Waals surface area (Å²) < 4.78 is 4.99. The van der Waals surface area contributed by atoms with E-state index in [9.17, 15) is 14.4 Å². The SMILES string of the molecule is CCNC(=O)NC(=O)C(C)OC(=O)/C=C/c1cccc2cccnc12. The zero-order valence-corrected chi connectivity index (χ0v) is 14.0. The van der Waals surface area contributed by atoms with Crippen molar-refractivity contribution in [1.29, 1.82) is 0 Å². The first kappa shape index (κ1) is 18.1. The Morgan fingerprint density at radius 3 is 2.76 bits per heavy atom. The minimum absolute atomic E-state index is 0.384. The van der Waals surface area contributed by atoms with Crippen LogP contribution < -0.4 is 10.6 Å². The predicted octanol–water partition coefficient (Wildman–Crippen LogP) is 2.03. The molecule has 7 heteroatoms. The van der Waals surface area contributed by atoms with Gasteiger partial charge in [0.1, 0.15) is 0 Å². The quantitative estimate of drug-likeness (QED) is 0.640. The number of pyridine rings is 1. The van der Waals surface area contributed by atoms with E-state index in [0.717, 1.165) is 16.5 Å². The van der Waals surface area contributed by atoms with Gasteiger partial charge in [-0.15, -0.1) is 0 Å². The number of aromatic nitrogens is 1. The van der Waals surface area contributed by atoms with Crippen LogP contribution >= 0.6 is 0 Å². The Labute approximate surface area is 145 Å². The van der Waals surface area contributed by atoms with Crippen LogP contribution in [0.5, 0.6) is 0 Å². The number of rotatable bonds is 5. The lowest BCUT2D eigenvalue weighted by molar-refractivity contribution is -0.149. The van der Waals surface area contributed by atoms with E-state index in [0.29, 0.717) is 6.54 Å². The molecular formula is C18H19N3O4. The molecule has 2 rings (SSSR count). The number of nitrogens with zero attached hydrogens (tertiary/aromatic N) is 1. The second kappa shape index (κ2) is 8.58. The van der Waals surface area contributed by atoms with E-state index in [4.69, 9.17) is 4.74 Å². The van der Waals surface area contributed by atoms with Crippen LogP contribution in [-0.2, 0) is 14.3 Å². The highest BCUT2D eigenvalue weighted by Crippen LogP contribution is 2.17. The molecule has 0 aliphatic carbocycles. The highest BCUT2D eigenvalue weighted by atomic mass is 16.5. The molecule has 1 heterocycles. The maximum absolute atomic E-state index is 11.9. The molecule has 130 valence electrons. The maximum Gasteiger partial charge on any atom is 0.331 e. The van der Waals surface area contributed by atoms with Crippen LogP contribution in [0.2, 0.25) is 0 Å². The average Bonchev–Trinajstić information content (AvgIpc) is 2.60. The van der Waals surface area contributed by atoms with Crippen molar-refractivity contribution in [2.75, 3.05) is 6.54 Å². The van der Waals surface area contributed by atoms with Gasteiger partial charge in [0.25, 0.3) is 5.91 Å². The third-order valence-electron chi connectivity index (χ3n) is 3.30. The number of hydrogen-bond donors (Lipinski definition) is 2. The first-order valence-corrected chi connectivity index (χ1v) is 7.82. The monoisotopic (exact) mass is 341 g/mol. The second-order valence-electron chi connectivity index (χ2n) is 5.18. The fraction of sp³-hybridized carbons (Fsp3) is 0.222. The molecule has 2 N–H and O–H groups in total. The number of carbonyl (C=O) groups is 3. The second-order valence-corrected chi connectivity index (χ2v) is 5.18. The smallest absolute Gasteiger partial charge is 0.331 e. The molecular weight excluding hydrogens is 322 g/mol. The van der Waals surface area contributed by atoms with Gasteiger partial charge in [0.05, 0.1) is 5.52 Å². The van der Waals surface area contributed by atoms with Gasteiger partial charge >= 0.3 is 12.0 Å². The Bertz CT molecular complexity index is 812. The van der Waals surface area contributed by atoms with Crippen molar-refractivity contribution in [3.63, 3.8) is 0 Å². The highest BCUT2D eigenvalue weighted by molar-refractivity contribution is 5.98. The van der Waals surface area contributed by atoms with Gasteiger partial charge in [-0.1, -0.05) is 24.3 Å². The zero-order chi connectivity index (χ0) is 18.2. The molecule has 3 amide bonds. The minimum Gasteiger partial charge on any atom is -0.449 e. The number of nitrogens with one attached hydrogen (secondary N) is 2. The van der Waals surface area contributed by atoms with Crippen molar-refractivity contribution in [1.82, 2.24) is 15.6 Å². The number of carbonyl (C=O) groups excluding carboxylic acids is 3. The lowest BCUT2D eigenvalue weighted by atomic mass is 10.1. The van der Waals surface area contributed by atoms with Gasteiger partial charge in [0.15, 0.2) is 6.10 Å². The van der Waals surface area contributed by atoms with Crippen LogP contribution in [0.15, 0.2) is 42.6 Å². The summed E-state index contributed by atoms with van der Waals surface area (Å²) in [6, 6.07) is 8.73. The number of imide groups is 1. The van der Waals surface area contributed by atoms with Crippen LogP contribution in [0.4, 0.5) is 4.79 Å². The number of urea groups is 1. The summed E-state index contributed by atoms with van der Waals surface area (Å²) in [4.78, 5) is 39.2. The van der Waals surface area contributed by atoms with Crippen LogP contribution in [0.3, 0.4) is 0 Å². The fourth-order valence-corrected chi connectivity index (χ4v) is 2.11. The Hall–Kier alpha value is -3.22. The summed E-state index contributed by atoms with van der Waals surface area (Å²) >= 11 is 0. The van der Waals surface area contributed by atoms with Crippen LogP contribution in [-0.4, -0.2) is 35.5 Å². The fourth-order valence-electron chi connectivity index (χ4n) is 2.11. The number of benzene rings is 1. The van der Waals surface area contributed by atoms with Gasteiger partial charge in [-0.2, -0.15) is 0 Å². The third-order valence-corrected chi connectivity index (χ3v) is 3.30. The van der Waals surface area contributed by atoms with Gasteiger partial charge in [0.2, 0.25) is 0 Å². The summed E-state index contributed by atoms with van der Waals surface area (Å²) in [7, 11) is 0. The molecule has 0 aliphatic rings. The Kier molecular flexibility index (Phi) is 6.22. The lowest BCUT2D eigenvalue weighted by Crippen LogP contribution is -2.44. The molecule has 1 atom stereocenters. The number of ether oxygens (including phenoxy) is 1. The number of amides is 3. The van der Waals surface area contributed by atoms with E-state index < -0.39 is 24.0 Å². The first-order valence-electron chi connectivity index (χ1n) is 7.82. The molecule has 0 bridgehead atoms. The first-order chi connectivity index (χ1) is 12.0. The summed E-state index contributed by atoms with van der Waals surface area (Å²) in [6.45, 7) is 3.50. The zero-order valence-electron chi connectivity index (χ0n) is 14.0. The topological polar surface area (TPSA) is 97.4 Å². The van der Waals surface area contributed by atoms with E-state index in [1.165, 1.54) is 13.0 Å². The third kappa shape index (κ3) is 5.13. The summed E-state index contributed by atoms with van der Waals surface area (Å²) in [5, 5.41) is 5.45. The number of para-hydroxylation sites is 1. The van der Waals surface area contributed by atoms with Gasteiger partial charge in [-0.25, -0.2) is 9.59 Å². The molecule has 1 unspecified atom stereocenters. The lowest BCUT2D eigenvalue weighted by Gasteiger charge is -2.11. The number of fused-ring (bicyclic) bond motifs is 1. The van der Waals surface area contributed by atoms with Gasteiger partial charge in [0, 0.05) is 29.8 Å². The molecule has 2 aromatic rings. The van der Waals surface area contributed by atoms with E-state index in [2.05, 4.69) is 15.6 Å². The van der Waals surface area contributed by atoms with Crippen molar-refractivity contribution >= 4 is 34.9 Å². The molecule has 0 spiro atoms. The summed E-state index contributed by atoms with van der Waals surface area (Å²) in [5.74, 6) is -1.38. The summed E-state index contributed by atoms with van der Waals surface area (Å²) in [6.07, 6.45) is 3.38. The number of hydrogen-bond acceptors (Lipinski definition) is 5. The Morgan fingerprint density at radius 1 is 1.24 bits per heavy atom. The Balaban J connectivity index is 1.98. The highest BCUT2D eigenvalue weighted by Gasteiger charge is 2.18. The van der Waals surface area contributed by atoms with Crippen LogP contribution in [0.25, 0.3) is 17.0 Å².